The second-order valence-corrected chi connectivity index (χ2v) is 7.37. The quantitative estimate of drug-likeness (QED) is 0.632. The van der Waals surface area contributed by atoms with E-state index in [1.54, 1.807) is 25.4 Å². The van der Waals surface area contributed by atoms with E-state index in [1.165, 1.54) is 19.3 Å². The first kappa shape index (κ1) is 19.1. The maximum Gasteiger partial charge on any atom is 0.256 e. The average Bonchev–Trinajstić information content (AvgIpc) is 2.80. The molecule has 1 amide bonds. The Hall–Kier alpha value is -3.21. The van der Waals surface area contributed by atoms with Crippen molar-refractivity contribution in [2.24, 2.45) is 0 Å². The van der Waals surface area contributed by atoms with Gasteiger partial charge in [0.15, 0.2) is 5.82 Å². The molecule has 1 fully saturated rings. The molecule has 0 radical (unpaired) electrons. The number of nitrogens with one attached hydrogen (secondary N) is 1. The summed E-state index contributed by atoms with van der Waals surface area (Å²) >= 11 is 0. The van der Waals surface area contributed by atoms with Crippen molar-refractivity contribution in [2.45, 2.75) is 38.0 Å². The highest BCUT2D eigenvalue weighted by Crippen LogP contribution is 2.36. The first-order valence-electron chi connectivity index (χ1n) is 10.1. The number of amides is 1. The fourth-order valence-corrected chi connectivity index (χ4v) is 3.83. The third kappa shape index (κ3) is 4.45. The molecule has 0 spiro atoms. The molecule has 1 aliphatic rings. The highest BCUT2D eigenvalue weighted by atomic mass is 16.5. The zero-order valence-corrected chi connectivity index (χ0v) is 16.6. The van der Waals surface area contributed by atoms with Crippen LogP contribution in [0.5, 0.6) is 5.75 Å². The van der Waals surface area contributed by atoms with Crippen LogP contribution in [0.25, 0.3) is 11.3 Å². The van der Waals surface area contributed by atoms with E-state index >= 15 is 0 Å². The number of methoxy groups -OCH3 is 1. The summed E-state index contributed by atoms with van der Waals surface area (Å²) in [5.41, 5.74) is 3.30. The van der Waals surface area contributed by atoms with Crippen LogP contribution < -0.4 is 10.1 Å². The molecule has 0 saturated heterocycles. The van der Waals surface area contributed by atoms with Crippen molar-refractivity contribution in [1.82, 2.24) is 9.97 Å². The third-order valence-electron chi connectivity index (χ3n) is 5.45. The number of carbonyl (C=O) groups excluding carboxylic acids is 1. The number of rotatable bonds is 5. The number of benzene rings is 2. The summed E-state index contributed by atoms with van der Waals surface area (Å²) in [4.78, 5) is 22.2. The van der Waals surface area contributed by atoms with Crippen molar-refractivity contribution in [3.8, 4) is 17.0 Å². The zero-order valence-electron chi connectivity index (χ0n) is 16.6. The molecule has 2 aromatic carbocycles. The van der Waals surface area contributed by atoms with Crippen molar-refractivity contribution < 1.29 is 9.53 Å². The van der Waals surface area contributed by atoms with Crippen LogP contribution >= 0.6 is 0 Å². The minimum atomic E-state index is -0.158. The lowest BCUT2D eigenvalue weighted by Crippen LogP contribution is -2.18. The van der Waals surface area contributed by atoms with Crippen LogP contribution in [-0.4, -0.2) is 23.0 Å². The van der Waals surface area contributed by atoms with Crippen LogP contribution in [0.4, 0.5) is 5.82 Å². The zero-order chi connectivity index (χ0) is 20.1. The Bertz CT molecular complexity index is 965. The monoisotopic (exact) mass is 387 g/mol. The van der Waals surface area contributed by atoms with E-state index in [9.17, 15) is 4.79 Å². The van der Waals surface area contributed by atoms with Crippen LogP contribution in [-0.2, 0) is 0 Å². The Kier molecular flexibility index (Phi) is 5.84. The van der Waals surface area contributed by atoms with Gasteiger partial charge in [-0.2, -0.15) is 0 Å². The molecule has 0 unspecified atom stereocenters. The van der Waals surface area contributed by atoms with E-state index < -0.39 is 0 Å². The van der Waals surface area contributed by atoms with Gasteiger partial charge in [-0.3, -0.25) is 4.79 Å². The molecule has 5 heteroatoms. The van der Waals surface area contributed by atoms with E-state index in [4.69, 9.17) is 9.72 Å². The molecule has 148 valence electrons. The largest absolute Gasteiger partial charge is 0.497 e. The van der Waals surface area contributed by atoms with Gasteiger partial charge in [0.2, 0.25) is 0 Å². The van der Waals surface area contributed by atoms with Gasteiger partial charge in [-0.1, -0.05) is 37.5 Å². The molecular weight excluding hydrogens is 362 g/mol. The average molecular weight is 387 g/mol. The normalized spacial score (nSPS) is 14.4. The highest BCUT2D eigenvalue weighted by molar-refractivity contribution is 6.04. The van der Waals surface area contributed by atoms with Crippen LogP contribution in [0.1, 0.15) is 54.1 Å². The first-order chi connectivity index (χ1) is 14.2. The smallest absolute Gasteiger partial charge is 0.256 e. The number of hydrogen-bond donors (Lipinski definition) is 1. The predicted octanol–water partition coefficient (Wildman–Crippen LogP) is 5.45. The molecule has 1 heterocycles. The van der Waals surface area contributed by atoms with Crippen LogP contribution in [0.3, 0.4) is 0 Å². The number of aromatic nitrogens is 2. The number of anilines is 1. The number of ether oxygens (including phenoxy) is 1. The number of carbonyl (C=O) groups is 1. The Morgan fingerprint density at radius 2 is 1.72 bits per heavy atom. The van der Waals surface area contributed by atoms with E-state index in [0.29, 0.717) is 17.3 Å². The fraction of sp³-hybridized carbons (Fsp3) is 0.292. The maximum absolute atomic E-state index is 12.7. The summed E-state index contributed by atoms with van der Waals surface area (Å²) < 4.78 is 5.25. The fourth-order valence-electron chi connectivity index (χ4n) is 3.83. The lowest BCUT2D eigenvalue weighted by Gasteiger charge is -2.23. The molecule has 1 N–H and O–H groups in total. The number of nitrogens with zero attached hydrogens (tertiary/aromatic N) is 2. The van der Waals surface area contributed by atoms with E-state index in [1.807, 2.05) is 42.5 Å². The van der Waals surface area contributed by atoms with Crippen molar-refractivity contribution in [3.05, 3.63) is 72.1 Å². The molecule has 3 aromatic rings. The highest BCUT2D eigenvalue weighted by Gasteiger charge is 2.23. The van der Waals surface area contributed by atoms with Crippen molar-refractivity contribution in [1.29, 1.82) is 0 Å². The standard InChI is InChI=1S/C24H25N3O2/c1-29-20-14-12-17(13-15-20)21-16-25-23(22(26-21)18-8-4-2-5-9-18)27-24(28)19-10-6-3-7-11-19/h3,6-7,10-16,18H,2,4-5,8-9H2,1H3,(H,25,27,28). The maximum atomic E-state index is 12.7. The summed E-state index contributed by atoms with van der Waals surface area (Å²) in [5.74, 6) is 1.54. The topological polar surface area (TPSA) is 64.1 Å². The molecule has 0 atom stereocenters. The Morgan fingerprint density at radius 3 is 2.41 bits per heavy atom. The number of hydrogen-bond acceptors (Lipinski definition) is 4. The molecule has 29 heavy (non-hydrogen) atoms. The molecule has 4 rings (SSSR count). The van der Waals surface area contributed by atoms with Gasteiger partial charge in [0.25, 0.3) is 5.91 Å². The van der Waals surface area contributed by atoms with E-state index in [0.717, 1.165) is 35.5 Å². The van der Waals surface area contributed by atoms with Crippen LogP contribution in [0.15, 0.2) is 60.8 Å². The van der Waals surface area contributed by atoms with Crippen molar-refractivity contribution in [2.75, 3.05) is 12.4 Å². The molecule has 1 aromatic heterocycles. The van der Waals surface area contributed by atoms with Gasteiger partial charge in [-0.25, -0.2) is 9.97 Å². The second-order valence-electron chi connectivity index (χ2n) is 7.37. The van der Waals surface area contributed by atoms with Gasteiger partial charge in [0, 0.05) is 17.0 Å². The van der Waals surface area contributed by atoms with Gasteiger partial charge in [-0.05, 0) is 49.2 Å². The van der Waals surface area contributed by atoms with Gasteiger partial charge >= 0.3 is 0 Å². The minimum Gasteiger partial charge on any atom is -0.497 e. The summed E-state index contributed by atoms with van der Waals surface area (Å²) in [6.45, 7) is 0. The Morgan fingerprint density at radius 1 is 1.00 bits per heavy atom. The van der Waals surface area contributed by atoms with Crippen molar-refractivity contribution in [3.63, 3.8) is 0 Å². The summed E-state index contributed by atoms with van der Waals surface area (Å²) in [6.07, 6.45) is 7.52. The lowest BCUT2D eigenvalue weighted by molar-refractivity contribution is 0.102. The SMILES string of the molecule is COc1ccc(-c2cnc(NC(=O)c3ccccc3)c(C3CCCCC3)n2)cc1. The summed E-state index contributed by atoms with van der Waals surface area (Å²) in [7, 11) is 1.65. The Balaban J connectivity index is 1.67. The Labute approximate surface area is 171 Å². The summed E-state index contributed by atoms with van der Waals surface area (Å²) in [6, 6.07) is 17.0. The van der Waals surface area contributed by atoms with Crippen LogP contribution in [0, 0.1) is 0 Å². The van der Waals surface area contributed by atoms with Gasteiger partial charge in [0.05, 0.1) is 24.7 Å². The third-order valence-corrected chi connectivity index (χ3v) is 5.45. The van der Waals surface area contributed by atoms with E-state index in [2.05, 4.69) is 10.3 Å². The minimum absolute atomic E-state index is 0.158. The first-order valence-corrected chi connectivity index (χ1v) is 10.1. The molecule has 0 aliphatic heterocycles. The van der Waals surface area contributed by atoms with E-state index in [-0.39, 0.29) is 5.91 Å². The van der Waals surface area contributed by atoms with Crippen molar-refractivity contribution >= 4 is 11.7 Å². The van der Waals surface area contributed by atoms with Crippen LogP contribution in [0.2, 0.25) is 0 Å². The molecular formula is C24H25N3O2. The van der Waals surface area contributed by atoms with Gasteiger partial charge in [0.1, 0.15) is 5.75 Å². The predicted molar refractivity (Wildman–Crippen MR) is 114 cm³/mol. The van der Waals surface area contributed by atoms with Gasteiger partial charge < -0.3 is 10.1 Å². The lowest BCUT2D eigenvalue weighted by atomic mass is 9.86. The molecule has 1 aliphatic carbocycles. The molecule has 5 nitrogen and oxygen atoms in total. The second kappa shape index (κ2) is 8.86. The molecule has 0 bridgehead atoms. The molecule has 1 saturated carbocycles. The van der Waals surface area contributed by atoms with Gasteiger partial charge in [-0.15, -0.1) is 0 Å². The summed E-state index contributed by atoms with van der Waals surface area (Å²) in [5, 5.41) is 2.99.